The number of carbonyl (C=O) groups is 1. The van der Waals surface area contributed by atoms with E-state index in [4.69, 9.17) is 9.05 Å². The minimum absolute atomic E-state index is 0.000445. The second kappa shape index (κ2) is 19.4. The fraction of sp³-hybridized carbons (Fsp3) is 0.880. The highest BCUT2D eigenvalue weighted by Gasteiger charge is 2.23. The van der Waals surface area contributed by atoms with Crippen molar-refractivity contribution in [2.75, 3.05) is 40.9 Å². The van der Waals surface area contributed by atoms with Crippen molar-refractivity contribution in [3.8, 4) is 0 Å². The maximum atomic E-state index is 12.4. The van der Waals surface area contributed by atoms with E-state index in [9.17, 15) is 19.4 Å². The summed E-state index contributed by atoms with van der Waals surface area (Å²) in [6, 6.07) is -0.872. The van der Waals surface area contributed by atoms with E-state index in [1.54, 1.807) is 6.08 Å². The van der Waals surface area contributed by atoms with E-state index in [-0.39, 0.29) is 19.1 Å². The van der Waals surface area contributed by atoms with Gasteiger partial charge in [0.15, 0.2) is 0 Å². The molecular weight excluding hydrogens is 455 g/mol. The van der Waals surface area contributed by atoms with Crippen LogP contribution in [-0.2, 0) is 18.4 Å². The predicted octanol–water partition coefficient (Wildman–Crippen LogP) is 4.32. The molecule has 0 aromatic carbocycles. The Morgan fingerprint density at radius 2 is 1.59 bits per heavy atom. The number of phosphoric acid groups is 1. The Morgan fingerprint density at radius 1 is 1.00 bits per heavy atom. The quantitative estimate of drug-likeness (QED) is 0.0980. The first-order valence-electron chi connectivity index (χ1n) is 13.1. The van der Waals surface area contributed by atoms with Crippen molar-refractivity contribution in [2.24, 2.45) is 0 Å². The summed E-state index contributed by atoms with van der Waals surface area (Å²) in [5.41, 5.74) is 0. The number of hydrogen-bond donors (Lipinski definition) is 2. The zero-order valence-electron chi connectivity index (χ0n) is 22.3. The number of aliphatic hydroxyl groups is 1. The summed E-state index contributed by atoms with van der Waals surface area (Å²) < 4.78 is 22.7. The molecule has 0 saturated heterocycles. The Hall–Kier alpha value is -0.760. The van der Waals surface area contributed by atoms with E-state index in [0.29, 0.717) is 17.4 Å². The van der Waals surface area contributed by atoms with Gasteiger partial charge in [-0.05, 0) is 19.3 Å². The van der Waals surface area contributed by atoms with Gasteiger partial charge < -0.3 is 28.8 Å². The highest BCUT2D eigenvalue weighted by molar-refractivity contribution is 7.45. The van der Waals surface area contributed by atoms with Gasteiger partial charge >= 0.3 is 0 Å². The summed E-state index contributed by atoms with van der Waals surface area (Å²) in [6.07, 6.45) is 14.5. The zero-order chi connectivity index (χ0) is 25.9. The van der Waals surface area contributed by atoms with Gasteiger partial charge in [0.1, 0.15) is 13.2 Å². The number of rotatable bonds is 22. The van der Waals surface area contributed by atoms with Crippen molar-refractivity contribution in [1.82, 2.24) is 5.32 Å². The first-order valence-corrected chi connectivity index (χ1v) is 14.5. The van der Waals surface area contributed by atoms with Crippen LogP contribution in [0.1, 0.15) is 90.9 Å². The molecule has 0 aliphatic rings. The summed E-state index contributed by atoms with van der Waals surface area (Å²) in [5.74, 6) is -0.217. The Labute approximate surface area is 208 Å². The van der Waals surface area contributed by atoms with Gasteiger partial charge in [0, 0.05) is 6.42 Å². The molecule has 3 atom stereocenters. The van der Waals surface area contributed by atoms with Crippen LogP contribution in [0.4, 0.5) is 0 Å². The molecule has 0 rings (SSSR count). The molecule has 9 heteroatoms. The van der Waals surface area contributed by atoms with E-state index < -0.39 is 20.0 Å². The molecule has 0 spiro atoms. The largest absolute Gasteiger partial charge is 0.756 e. The Balaban J connectivity index is 4.77. The van der Waals surface area contributed by atoms with Crippen LogP contribution >= 0.6 is 7.82 Å². The first kappa shape index (κ1) is 33.2. The average Bonchev–Trinajstić information content (AvgIpc) is 2.74. The monoisotopic (exact) mass is 506 g/mol. The number of allylic oxidation sites excluding steroid dienone is 1. The van der Waals surface area contributed by atoms with E-state index in [1.165, 1.54) is 25.7 Å². The third-order valence-corrected chi connectivity index (χ3v) is 6.46. The lowest BCUT2D eigenvalue weighted by Crippen LogP contribution is -2.45. The number of aliphatic hydroxyl groups excluding tert-OH is 1. The molecule has 34 heavy (non-hydrogen) atoms. The van der Waals surface area contributed by atoms with Crippen molar-refractivity contribution in [3.63, 3.8) is 0 Å². The van der Waals surface area contributed by atoms with Gasteiger partial charge in [-0.3, -0.25) is 9.36 Å². The normalized spacial score (nSPS) is 15.9. The molecule has 2 N–H and O–H groups in total. The second-order valence-corrected chi connectivity index (χ2v) is 11.5. The standard InChI is InChI=1S/C25H51N2O6P/c1-6-8-10-12-14-16-18-24(28)23(26-25(29)19-17-15-13-11-9-7-2)22-33-34(30,31)32-21-20-27(3,4)5/h16,18,23-24,28H,6-15,17,19-22H2,1-5H3,(H-,26,29,30,31)/b18-16+. The third kappa shape index (κ3) is 20.6. The van der Waals surface area contributed by atoms with Crippen LogP contribution in [0.3, 0.4) is 0 Å². The highest BCUT2D eigenvalue weighted by Crippen LogP contribution is 2.38. The molecular formula is C25H51N2O6P. The summed E-state index contributed by atoms with van der Waals surface area (Å²) in [5, 5.41) is 13.3. The van der Waals surface area contributed by atoms with Gasteiger partial charge in [0.05, 0.1) is 39.9 Å². The first-order chi connectivity index (χ1) is 16.0. The van der Waals surface area contributed by atoms with Gasteiger partial charge in [-0.2, -0.15) is 0 Å². The van der Waals surface area contributed by atoms with Crippen LogP contribution in [0.15, 0.2) is 12.2 Å². The number of amides is 1. The molecule has 0 aliphatic heterocycles. The van der Waals surface area contributed by atoms with Crippen LogP contribution in [0.2, 0.25) is 0 Å². The number of nitrogens with one attached hydrogen (secondary N) is 1. The van der Waals surface area contributed by atoms with E-state index in [1.807, 2.05) is 27.2 Å². The zero-order valence-corrected chi connectivity index (χ0v) is 23.2. The molecule has 202 valence electrons. The van der Waals surface area contributed by atoms with Gasteiger partial charge in [-0.25, -0.2) is 0 Å². The minimum atomic E-state index is -4.54. The molecule has 0 aliphatic carbocycles. The highest BCUT2D eigenvalue weighted by atomic mass is 31.2. The van der Waals surface area contributed by atoms with Gasteiger partial charge in [0.2, 0.25) is 5.91 Å². The van der Waals surface area contributed by atoms with Crippen molar-refractivity contribution >= 4 is 13.7 Å². The van der Waals surface area contributed by atoms with Crippen LogP contribution in [0.25, 0.3) is 0 Å². The Kier molecular flexibility index (Phi) is 19.0. The van der Waals surface area contributed by atoms with E-state index >= 15 is 0 Å². The summed E-state index contributed by atoms with van der Waals surface area (Å²) >= 11 is 0. The van der Waals surface area contributed by atoms with Crippen LogP contribution in [0, 0.1) is 0 Å². The Bertz CT molecular complexity index is 594. The molecule has 0 bridgehead atoms. The molecule has 0 aromatic heterocycles. The second-order valence-electron chi connectivity index (χ2n) is 10.0. The maximum absolute atomic E-state index is 12.4. The third-order valence-electron chi connectivity index (χ3n) is 5.50. The van der Waals surface area contributed by atoms with Crippen molar-refractivity contribution in [1.29, 1.82) is 0 Å². The smallest absolute Gasteiger partial charge is 0.268 e. The van der Waals surface area contributed by atoms with Crippen molar-refractivity contribution in [3.05, 3.63) is 12.2 Å². The van der Waals surface area contributed by atoms with Gasteiger partial charge in [0.25, 0.3) is 7.82 Å². The number of carbonyl (C=O) groups excluding carboxylic acids is 1. The number of nitrogens with zero attached hydrogens (tertiary/aromatic N) is 1. The van der Waals surface area contributed by atoms with Gasteiger partial charge in [-0.1, -0.05) is 77.4 Å². The topological polar surface area (TPSA) is 108 Å². The molecule has 0 heterocycles. The summed E-state index contributed by atoms with van der Waals surface area (Å²) in [6.45, 7) is 4.43. The molecule has 8 nitrogen and oxygen atoms in total. The number of quaternary nitrogens is 1. The van der Waals surface area contributed by atoms with Crippen molar-refractivity contribution in [2.45, 2.75) is 103 Å². The lowest BCUT2D eigenvalue weighted by Gasteiger charge is -2.29. The number of likely N-dealkylation sites (N-methyl/N-ethyl adjacent to an activating group) is 1. The Morgan fingerprint density at radius 3 is 2.21 bits per heavy atom. The maximum Gasteiger partial charge on any atom is 0.268 e. The summed E-state index contributed by atoms with van der Waals surface area (Å²) in [7, 11) is 1.25. The lowest BCUT2D eigenvalue weighted by molar-refractivity contribution is -0.870. The number of hydrogen-bond acceptors (Lipinski definition) is 6. The fourth-order valence-electron chi connectivity index (χ4n) is 3.26. The van der Waals surface area contributed by atoms with Crippen LogP contribution in [-0.4, -0.2) is 68.5 Å². The lowest BCUT2D eigenvalue weighted by atomic mass is 10.1. The number of unbranched alkanes of at least 4 members (excludes halogenated alkanes) is 9. The van der Waals surface area contributed by atoms with Crippen LogP contribution < -0.4 is 10.2 Å². The molecule has 0 aromatic rings. The fourth-order valence-corrected chi connectivity index (χ4v) is 3.99. The summed E-state index contributed by atoms with van der Waals surface area (Å²) in [4.78, 5) is 24.6. The number of phosphoric ester groups is 1. The predicted molar refractivity (Wildman–Crippen MR) is 136 cm³/mol. The molecule has 0 radical (unpaired) electrons. The van der Waals surface area contributed by atoms with Gasteiger partial charge in [-0.15, -0.1) is 0 Å². The minimum Gasteiger partial charge on any atom is -0.756 e. The molecule has 0 fully saturated rings. The average molecular weight is 507 g/mol. The van der Waals surface area contributed by atoms with E-state index in [0.717, 1.165) is 44.9 Å². The van der Waals surface area contributed by atoms with Crippen LogP contribution in [0.5, 0.6) is 0 Å². The SMILES string of the molecule is CCCCCC/C=C/C(O)C(COP(=O)([O-])OCC[N+](C)(C)C)NC(=O)CCCCCCCC. The van der Waals surface area contributed by atoms with E-state index in [2.05, 4.69) is 19.2 Å². The molecule has 0 saturated carbocycles. The van der Waals surface area contributed by atoms with Crippen molar-refractivity contribution < 1.29 is 32.9 Å². The molecule has 1 amide bonds. The molecule has 3 unspecified atom stereocenters.